The van der Waals surface area contributed by atoms with Gasteiger partial charge in [-0.1, -0.05) is 25.9 Å². The number of amides is 2. The summed E-state index contributed by atoms with van der Waals surface area (Å²) in [5, 5.41) is 9.05. The van der Waals surface area contributed by atoms with Crippen LogP contribution in [0.2, 0.25) is 0 Å². The van der Waals surface area contributed by atoms with Crippen molar-refractivity contribution in [2.45, 2.75) is 26.2 Å². The predicted octanol–water partition coefficient (Wildman–Crippen LogP) is 3.01. The van der Waals surface area contributed by atoms with Crippen molar-refractivity contribution in [2.24, 2.45) is 0 Å². The maximum atomic E-state index is 11.7. The van der Waals surface area contributed by atoms with Crippen molar-refractivity contribution in [3.63, 3.8) is 0 Å². The van der Waals surface area contributed by atoms with Gasteiger partial charge in [0.1, 0.15) is 5.76 Å². The fourth-order valence-electron chi connectivity index (χ4n) is 1.40. The number of anilines is 2. The predicted molar refractivity (Wildman–Crippen MR) is 72.1 cm³/mol. The molecule has 6 heteroatoms. The summed E-state index contributed by atoms with van der Waals surface area (Å²) in [5.74, 6) is 1.09. The number of carbonyl (C=O) groups is 1. The lowest BCUT2D eigenvalue weighted by Crippen LogP contribution is -2.19. The lowest BCUT2D eigenvalue weighted by atomic mass is 9.93. The fourth-order valence-corrected chi connectivity index (χ4v) is 1.40. The standard InChI is InChI=1S/C13H16N4O2/c1-13(2,3)10-7-11(17-19-10)16-12(18)15-9-5-4-6-14-8-9/h4-8H,1-3H3,(H2,15,16,17,18). The monoisotopic (exact) mass is 260 g/mol. The number of nitrogens with one attached hydrogen (secondary N) is 2. The van der Waals surface area contributed by atoms with E-state index < -0.39 is 0 Å². The van der Waals surface area contributed by atoms with Gasteiger partial charge in [0.25, 0.3) is 0 Å². The number of urea groups is 1. The van der Waals surface area contributed by atoms with Crippen LogP contribution in [0.4, 0.5) is 16.3 Å². The molecule has 2 aromatic heterocycles. The topological polar surface area (TPSA) is 80.0 Å². The Morgan fingerprint density at radius 2 is 2.11 bits per heavy atom. The summed E-state index contributed by atoms with van der Waals surface area (Å²) in [6.45, 7) is 6.02. The van der Waals surface area contributed by atoms with Gasteiger partial charge in [-0.05, 0) is 12.1 Å². The minimum Gasteiger partial charge on any atom is -0.359 e. The number of aromatic nitrogens is 2. The van der Waals surface area contributed by atoms with Gasteiger partial charge in [0.15, 0.2) is 5.82 Å². The van der Waals surface area contributed by atoms with Crippen molar-refractivity contribution in [3.05, 3.63) is 36.4 Å². The van der Waals surface area contributed by atoms with Gasteiger partial charge < -0.3 is 9.84 Å². The zero-order chi connectivity index (χ0) is 13.9. The highest BCUT2D eigenvalue weighted by molar-refractivity contribution is 5.98. The molecule has 0 fully saturated rings. The first-order valence-corrected chi connectivity index (χ1v) is 5.90. The highest BCUT2D eigenvalue weighted by Crippen LogP contribution is 2.24. The molecule has 0 spiro atoms. The van der Waals surface area contributed by atoms with E-state index in [9.17, 15) is 4.79 Å². The number of hydrogen-bond acceptors (Lipinski definition) is 4. The molecule has 2 heterocycles. The Hall–Kier alpha value is -2.37. The van der Waals surface area contributed by atoms with Crippen LogP contribution in [0.5, 0.6) is 0 Å². The van der Waals surface area contributed by atoms with Crippen LogP contribution in [0.15, 0.2) is 35.1 Å². The molecule has 0 bridgehead atoms. The lowest BCUT2D eigenvalue weighted by molar-refractivity contribution is 0.262. The molecule has 0 aliphatic carbocycles. The molecular weight excluding hydrogens is 244 g/mol. The Morgan fingerprint density at radius 1 is 1.32 bits per heavy atom. The smallest absolute Gasteiger partial charge is 0.324 e. The van der Waals surface area contributed by atoms with Crippen molar-refractivity contribution in [2.75, 3.05) is 10.6 Å². The van der Waals surface area contributed by atoms with Crippen LogP contribution in [-0.2, 0) is 5.41 Å². The van der Waals surface area contributed by atoms with Crippen LogP contribution < -0.4 is 10.6 Å². The summed E-state index contributed by atoms with van der Waals surface area (Å²) in [4.78, 5) is 15.6. The molecular formula is C13H16N4O2. The highest BCUT2D eigenvalue weighted by Gasteiger charge is 2.20. The second-order valence-corrected chi connectivity index (χ2v) is 5.15. The minimum atomic E-state index is -0.387. The van der Waals surface area contributed by atoms with Crippen LogP contribution in [0.3, 0.4) is 0 Å². The van der Waals surface area contributed by atoms with Gasteiger partial charge in [-0.15, -0.1) is 0 Å². The van der Waals surface area contributed by atoms with Gasteiger partial charge in [-0.2, -0.15) is 0 Å². The minimum absolute atomic E-state index is 0.146. The molecule has 2 amide bonds. The van der Waals surface area contributed by atoms with Gasteiger partial charge >= 0.3 is 6.03 Å². The van der Waals surface area contributed by atoms with E-state index in [1.807, 2.05) is 20.8 Å². The van der Waals surface area contributed by atoms with E-state index in [1.54, 1.807) is 30.6 Å². The van der Waals surface area contributed by atoms with E-state index in [-0.39, 0.29) is 11.4 Å². The quantitative estimate of drug-likeness (QED) is 0.869. The number of nitrogens with zero attached hydrogens (tertiary/aromatic N) is 2. The molecule has 100 valence electrons. The molecule has 0 unspecified atom stereocenters. The summed E-state index contributed by atoms with van der Waals surface area (Å²) >= 11 is 0. The van der Waals surface area contributed by atoms with E-state index in [0.717, 1.165) is 0 Å². The van der Waals surface area contributed by atoms with E-state index in [0.29, 0.717) is 17.3 Å². The third kappa shape index (κ3) is 3.54. The summed E-state index contributed by atoms with van der Waals surface area (Å²) in [7, 11) is 0. The van der Waals surface area contributed by atoms with Crippen molar-refractivity contribution >= 4 is 17.5 Å². The summed E-state index contributed by atoms with van der Waals surface area (Å²) in [6.07, 6.45) is 3.19. The molecule has 0 atom stereocenters. The molecule has 0 aromatic carbocycles. The van der Waals surface area contributed by atoms with Crippen LogP contribution in [0.1, 0.15) is 26.5 Å². The molecule has 0 radical (unpaired) electrons. The first-order valence-electron chi connectivity index (χ1n) is 5.90. The Morgan fingerprint density at radius 3 is 2.68 bits per heavy atom. The maximum Gasteiger partial charge on any atom is 0.324 e. The number of rotatable bonds is 2. The van der Waals surface area contributed by atoms with Crippen molar-refractivity contribution in [3.8, 4) is 0 Å². The van der Waals surface area contributed by atoms with Crippen molar-refractivity contribution in [1.29, 1.82) is 0 Å². The molecule has 19 heavy (non-hydrogen) atoms. The summed E-state index contributed by atoms with van der Waals surface area (Å²) in [5.41, 5.74) is 0.465. The maximum absolute atomic E-state index is 11.7. The van der Waals surface area contributed by atoms with Crippen molar-refractivity contribution < 1.29 is 9.32 Å². The SMILES string of the molecule is CC(C)(C)c1cc(NC(=O)Nc2cccnc2)no1. The normalized spacial score (nSPS) is 11.1. The molecule has 0 aliphatic rings. The van der Waals surface area contributed by atoms with Gasteiger partial charge in [-0.25, -0.2) is 4.79 Å². The molecule has 2 N–H and O–H groups in total. The third-order valence-electron chi connectivity index (χ3n) is 2.41. The van der Waals surface area contributed by atoms with E-state index in [4.69, 9.17) is 4.52 Å². The Kier molecular flexibility index (Phi) is 3.50. The van der Waals surface area contributed by atoms with Gasteiger partial charge in [-0.3, -0.25) is 10.3 Å². The van der Waals surface area contributed by atoms with E-state index >= 15 is 0 Å². The molecule has 2 aromatic rings. The molecule has 6 nitrogen and oxygen atoms in total. The summed E-state index contributed by atoms with van der Waals surface area (Å²) < 4.78 is 5.18. The van der Waals surface area contributed by atoms with Crippen molar-refractivity contribution in [1.82, 2.24) is 10.1 Å². The highest BCUT2D eigenvalue weighted by atomic mass is 16.5. The first kappa shape index (κ1) is 13.1. The number of hydrogen-bond donors (Lipinski definition) is 2. The van der Waals surface area contributed by atoms with Crippen LogP contribution in [0, 0.1) is 0 Å². The van der Waals surface area contributed by atoms with Crippen LogP contribution in [0.25, 0.3) is 0 Å². The van der Waals surface area contributed by atoms with E-state index in [2.05, 4.69) is 20.8 Å². The molecule has 0 saturated heterocycles. The molecule has 0 aliphatic heterocycles. The van der Waals surface area contributed by atoms with Crippen LogP contribution in [-0.4, -0.2) is 16.2 Å². The number of pyridine rings is 1. The van der Waals surface area contributed by atoms with Gasteiger partial charge in [0.2, 0.25) is 0 Å². The average Bonchev–Trinajstić information content (AvgIpc) is 2.78. The Bertz CT molecular complexity index is 558. The molecule has 0 saturated carbocycles. The van der Waals surface area contributed by atoms with Gasteiger partial charge in [0, 0.05) is 17.7 Å². The van der Waals surface area contributed by atoms with Crippen LogP contribution >= 0.6 is 0 Å². The second kappa shape index (κ2) is 5.09. The zero-order valence-electron chi connectivity index (χ0n) is 11.1. The lowest BCUT2D eigenvalue weighted by Gasteiger charge is -2.12. The fraction of sp³-hybridized carbons (Fsp3) is 0.308. The third-order valence-corrected chi connectivity index (χ3v) is 2.41. The van der Waals surface area contributed by atoms with E-state index in [1.165, 1.54) is 0 Å². The Labute approximate surface area is 111 Å². The zero-order valence-corrected chi connectivity index (χ0v) is 11.1. The Balaban J connectivity index is 1.98. The molecule has 2 rings (SSSR count). The first-order chi connectivity index (χ1) is 8.95. The number of carbonyl (C=O) groups excluding carboxylic acids is 1. The summed E-state index contributed by atoms with van der Waals surface area (Å²) in [6, 6.07) is 4.81. The average molecular weight is 260 g/mol. The van der Waals surface area contributed by atoms with Gasteiger partial charge in [0.05, 0.1) is 11.9 Å². The second-order valence-electron chi connectivity index (χ2n) is 5.15. The largest absolute Gasteiger partial charge is 0.359 e.